The summed E-state index contributed by atoms with van der Waals surface area (Å²) in [5.41, 5.74) is 0. The third kappa shape index (κ3) is 11.0. The van der Waals surface area contributed by atoms with Crippen molar-refractivity contribution in [2.75, 3.05) is 20.3 Å². The SMILES string of the molecule is CC(=O)O.CCCCCC1(CCCC2CCCC2)OCCO1.CO. The molecule has 0 unspecified atom stereocenters. The number of carbonyl (C=O) groups is 1. The minimum atomic E-state index is -0.833. The fourth-order valence-electron chi connectivity index (χ4n) is 3.51. The molecule has 0 aromatic carbocycles. The lowest BCUT2D eigenvalue weighted by molar-refractivity contribution is -0.169. The van der Waals surface area contributed by atoms with Crippen molar-refractivity contribution in [1.29, 1.82) is 0 Å². The molecular weight excluding hydrogens is 308 g/mol. The molecule has 1 saturated carbocycles. The predicted octanol–water partition coefficient (Wildman–Crippen LogP) is 4.37. The molecule has 0 aromatic rings. The van der Waals surface area contributed by atoms with Crippen LogP contribution in [0.25, 0.3) is 0 Å². The minimum Gasteiger partial charge on any atom is -0.481 e. The smallest absolute Gasteiger partial charge is 0.300 e. The number of unbranched alkanes of at least 4 members (excludes halogenated alkanes) is 2. The molecule has 2 fully saturated rings. The Hall–Kier alpha value is -0.650. The summed E-state index contributed by atoms with van der Waals surface area (Å²) in [5.74, 6) is -0.0348. The van der Waals surface area contributed by atoms with Gasteiger partial charge in [0, 0.05) is 26.9 Å². The Labute approximate surface area is 147 Å². The first kappa shape index (κ1) is 23.4. The molecular formula is C19H38O5. The van der Waals surface area contributed by atoms with Gasteiger partial charge in [0.1, 0.15) is 0 Å². The van der Waals surface area contributed by atoms with Crippen molar-refractivity contribution in [3.05, 3.63) is 0 Å². The standard InChI is InChI=1S/C16H30O2.C2H4O2.CH4O/c1-2-3-6-11-16(17-13-14-18-16)12-7-10-15-8-4-5-9-15;1-2(3)4;1-2/h15H,2-14H2,1H3;1H3,(H,3,4);2H,1H3. The number of hydrogen-bond acceptors (Lipinski definition) is 4. The van der Waals surface area contributed by atoms with Gasteiger partial charge in [-0.05, 0) is 18.8 Å². The number of aliphatic hydroxyl groups is 1. The lowest BCUT2D eigenvalue weighted by Gasteiger charge is -2.28. The Balaban J connectivity index is 0.000000773. The fourth-order valence-corrected chi connectivity index (χ4v) is 3.51. The highest BCUT2D eigenvalue weighted by atomic mass is 16.7. The molecule has 0 atom stereocenters. The summed E-state index contributed by atoms with van der Waals surface area (Å²) in [6, 6.07) is 0. The van der Waals surface area contributed by atoms with Crippen molar-refractivity contribution in [3.63, 3.8) is 0 Å². The van der Waals surface area contributed by atoms with Crippen LogP contribution >= 0.6 is 0 Å². The molecule has 0 aromatic heterocycles. The molecule has 5 heteroatoms. The van der Waals surface area contributed by atoms with Gasteiger partial charge in [-0.3, -0.25) is 4.79 Å². The van der Waals surface area contributed by atoms with Crippen LogP contribution in [-0.4, -0.2) is 42.3 Å². The largest absolute Gasteiger partial charge is 0.481 e. The van der Waals surface area contributed by atoms with Crippen molar-refractivity contribution in [2.45, 2.75) is 90.3 Å². The molecule has 144 valence electrons. The van der Waals surface area contributed by atoms with E-state index in [1.165, 1.54) is 57.8 Å². The van der Waals surface area contributed by atoms with E-state index >= 15 is 0 Å². The van der Waals surface area contributed by atoms with Gasteiger partial charge in [-0.25, -0.2) is 0 Å². The summed E-state index contributed by atoms with van der Waals surface area (Å²) in [7, 11) is 1.00. The molecule has 0 bridgehead atoms. The summed E-state index contributed by atoms with van der Waals surface area (Å²) in [5, 5.41) is 14.4. The first-order chi connectivity index (χ1) is 11.6. The van der Waals surface area contributed by atoms with Gasteiger partial charge < -0.3 is 19.7 Å². The molecule has 24 heavy (non-hydrogen) atoms. The fraction of sp³-hybridized carbons (Fsp3) is 0.947. The van der Waals surface area contributed by atoms with Gasteiger partial charge >= 0.3 is 0 Å². The van der Waals surface area contributed by atoms with Crippen LogP contribution in [0, 0.1) is 5.92 Å². The Morgan fingerprint density at radius 3 is 2.04 bits per heavy atom. The highest BCUT2D eigenvalue weighted by Crippen LogP contribution is 2.34. The van der Waals surface area contributed by atoms with E-state index < -0.39 is 5.97 Å². The van der Waals surface area contributed by atoms with Crippen LogP contribution in [0.15, 0.2) is 0 Å². The third-order valence-corrected chi connectivity index (χ3v) is 4.62. The molecule has 0 amide bonds. The number of ether oxygens (including phenoxy) is 2. The summed E-state index contributed by atoms with van der Waals surface area (Å²) < 4.78 is 11.9. The van der Waals surface area contributed by atoms with Crippen LogP contribution in [0.1, 0.15) is 84.5 Å². The highest BCUT2D eigenvalue weighted by Gasteiger charge is 2.35. The maximum atomic E-state index is 9.00. The molecule has 2 N–H and O–H groups in total. The first-order valence-electron chi connectivity index (χ1n) is 9.50. The lowest BCUT2D eigenvalue weighted by atomic mass is 9.96. The van der Waals surface area contributed by atoms with Gasteiger partial charge in [-0.15, -0.1) is 0 Å². The van der Waals surface area contributed by atoms with Crippen molar-refractivity contribution in [1.82, 2.24) is 0 Å². The van der Waals surface area contributed by atoms with Crippen molar-refractivity contribution in [2.24, 2.45) is 5.92 Å². The van der Waals surface area contributed by atoms with Crippen molar-refractivity contribution < 1.29 is 24.5 Å². The van der Waals surface area contributed by atoms with Crippen LogP contribution in [0.4, 0.5) is 0 Å². The monoisotopic (exact) mass is 346 g/mol. The summed E-state index contributed by atoms with van der Waals surface area (Å²) in [6.07, 6.45) is 14.6. The Bertz CT molecular complexity index is 290. The van der Waals surface area contributed by atoms with E-state index in [1.807, 2.05) is 0 Å². The molecule has 0 spiro atoms. The Morgan fingerprint density at radius 2 is 1.54 bits per heavy atom. The number of carboxylic acid groups (broad SMARTS) is 1. The van der Waals surface area contributed by atoms with Gasteiger partial charge in [-0.2, -0.15) is 0 Å². The van der Waals surface area contributed by atoms with Crippen LogP contribution in [-0.2, 0) is 14.3 Å². The van der Waals surface area contributed by atoms with Gasteiger partial charge in [0.2, 0.25) is 0 Å². The number of carboxylic acids is 1. The molecule has 1 aliphatic heterocycles. The topological polar surface area (TPSA) is 76.0 Å². The molecule has 0 radical (unpaired) electrons. The zero-order valence-electron chi connectivity index (χ0n) is 15.9. The zero-order valence-corrected chi connectivity index (χ0v) is 15.9. The predicted molar refractivity (Wildman–Crippen MR) is 96.0 cm³/mol. The maximum Gasteiger partial charge on any atom is 0.300 e. The number of aliphatic carboxylic acids is 1. The first-order valence-corrected chi connectivity index (χ1v) is 9.50. The van der Waals surface area contributed by atoms with Gasteiger partial charge in [0.05, 0.1) is 13.2 Å². The second kappa shape index (κ2) is 14.7. The number of rotatable bonds is 8. The summed E-state index contributed by atoms with van der Waals surface area (Å²) in [4.78, 5) is 9.00. The molecule has 5 nitrogen and oxygen atoms in total. The van der Waals surface area contributed by atoms with Crippen molar-refractivity contribution >= 4 is 5.97 Å². The van der Waals surface area contributed by atoms with Crippen LogP contribution < -0.4 is 0 Å². The van der Waals surface area contributed by atoms with E-state index in [-0.39, 0.29) is 5.79 Å². The van der Waals surface area contributed by atoms with Gasteiger partial charge in [0.15, 0.2) is 5.79 Å². The molecule has 2 aliphatic rings. The Morgan fingerprint density at radius 1 is 1.04 bits per heavy atom. The van der Waals surface area contributed by atoms with E-state index in [2.05, 4.69) is 6.92 Å². The maximum absolute atomic E-state index is 9.00. The second-order valence-corrected chi connectivity index (χ2v) is 6.63. The van der Waals surface area contributed by atoms with E-state index in [0.29, 0.717) is 0 Å². The quantitative estimate of drug-likeness (QED) is 0.638. The van der Waals surface area contributed by atoms with E-state index in [9.17, 15) is 0 Å². The summed E-state index contributed by atoms with van der Waals surface area (Å²) >= 11 is 0. The minimum absolute atomic E-state index is 0.201. The number of aliphatic hydroxyl groups excluding tert-OH is 1. The zero-order chi connectivity index (χ0) is 18.3. The van der Waals surface area contributed by atoms with E-state index in [0.717, 1.165) is 46.0 Å². The van der Waals surface area contributed by atoms with Crippen LogP contribution in [0.3, 0.4) is 0 Å². The number of hydrogen-bond donors (Lipinski definition) is 2. The average Bonchev–Trinajstić information content (AvgIpc) is 3.22. The Kier molecular flexibility index (Phi) is 14.3. The van der Waals surface area contributed by atoms with E-state index in [4.69, 9.17) is 24.5 Å². The van der Waals surface area contributed by atoms with Crippen molar-refractivity contribution in [3.8, 4) is 0 Å². The lowest BCUT2D eigenvalue weighted by Crippen LogP contribution is -2.30. The highest BCUT2D eigenvalue weighted by molar-refractivity contribution is 5.62. The molecule has 1 heterocycles. The third-order valence-electron chi connectivity index (χ3n) is 4.62. The molecule has 1 aliphatic carbocycles. The second-order valence-electron chi connectivity index (χ2n) is 6.63. The molecule has 1 saturated heterocycles. The van der Waals surface area contributed by atoms with Gasteiger partial charge in [0.25, 0.3) is 5.97 Å². The van der Waals surface area contributed by atoms with Crippen LogP contribution in [0.5, 0.6) is 0 Å². The van der Waals surface area contributed by atoms with E-state index in [1.54, 1.807) is 0 Å². The normalized spacial score (nSPS) is 19.2. The van der Waals surface area contributed by atoms with Gasteiger partial charge in [-0.1, -0.05) is 51.9 Å². The molecule has 2 rings (SSSR count). The van der Waals surface area contributed by atoms with Crippen LogP contribution in [0.2, 0.25) is 0 Å². The average molecular weight is 347 g/mol. The summed E-state index contributed by atoms with van der Waals surface area (Å²) in [6.45, 7) is 4.94.